The lowest BCUT2D eigenvalue weighted by Crippen LogP contribution is -2.44. The van der Waals surface area contributed by atoms with Crippen molar-refractivity contribution in [3.05, 3.63) is 46.5 Å². The van der Waals surface area contributed by atoms with Crippen molar-refractivity contribution in [2.24, 2.45) is 0 Å². The van der Waals surface area contributed by atoms with Crippen molar-refractivity contribution < 1.29 is 22.7 Å². The molecule has 1 aliphatic rings. The Morgan fingerprint density at radius 3 is 2.88 bits per heavy atom. The van der Waals surface area contributed by atoms with Gasteiger partial charge in [-0.15, -0.1) is 0 Å². The summed E-state index contributed by atoms with van der Waals surface area (Å²) in [4.78, 5) is 25.3. The van der Waals surface area contributed by atoms with Crippen LogP contribution in [-0.2, 0) is 6.18 Å². The number of carbonyl (C=O) groups is 1. The summed E-state index contributed by atoms with van der Waals surface area (Å²) in [5.41, 5.74) is -0.637. The lowest BCUT2D eigenvalue weighted by molar-refractivity contribution is -0.141. The van der Waals surface area contributed by atoms with Crippen molar-refractivity contribution in [3.63, 3.8) is 0 Å². The molecule has 1 unspecified atom stereocenters. The minimum atomic E-state index is -4.57. The van der Waals surface area contributed by atoms with Gasteiger partial charge in [-0.05, 0) is 40.9 Å². The van der Waals surface area contributed by atoms with Crippen LogP contribution in [0.3, 0.4) is 0 Å². The number of hydrogen-bond donors (Lipinski definition) is 0. The molecule has 0 radical (unpaired) electrons. The number of nitrogens with zero attached hydrogens (tertiary/aromatic N) is 4. The summed E-state index contributed by atoms with van der Waals surface area (Å²) < 4.78 is 44.4. The Bertz CT molecular complexity index is 803. The zero-order valence-electron chi connectivity index (χ0n) is 13.4. The largest absolute Gasteiger partial charge is 0.458 e. The first-order chi connectivity index (χ1) is 12.3. The second-order valence-electron chi connectivity index (χ2n) is 5.75. The van der Waals surface area contributed by atoms with Crippen LogP contribution in [0.4, 0.5) is 13.2 Å². The molecule has 26 heavy (non-hydrogen) atoms. The Kier molecular flexibility index (Phi) is 5.40. The highest BCUT2D eigenvalue weighted by molar-refractivity contribution is 9.10. The minimum Gasteiger partial charge on any atom is -0.458 e. The molecule has 0 spiro atoms. The fraction of sp³-hybridized carbons (Fsp3) is 0.375. The number of piperidine rings is 1. The number of hydrogen-bond acceptors (Lipinski definition) is 5. The Morgan fingerprint density at radius 1 is 1.35 bits per heavy atom. The van der Waals surface area contributed by atoms with E-state index in [2.05, 4.69) is 30.9 Å². The zero-order chi connectivity index (χ0) is 18.7. The second-order valence-corrected chi connectivity index (χ2v) is 6.66. The number of ether oxygens (including phenoxy) is 1. The van der Waals surface area contributed by atoms with Crippen molar-refractivity contribution >= 4 is 21.8 Å². The van der Waals surface area contributed by atoms with Gasteiger partial charge in [-0.25, -0.2) is 4.98 Å². The van der Waals surface area contributed by atoms with E-state index in [4.69, 9.17) is 4.74 Å². The maximum absolute atomic E-state index is 12.7. The molecule has 1 amide bonds. The van der Waals surface area contributed by atoms with E-state index in [-0.39, 0.29) is 18.5 Å². The molecule has 10 heteroatoms. The standard InChI is InChI=1S/C16H14BrF3N4O2/c17-11-6-10(7-21-8-11)14(25)24-5-1-2-12(9-24)26-15-22-4-3-13(23-15)16(18,19)20/h3-4,6-8,12H,1-2,5,9H2. The Balaban J connectivity index is 1.68. The Hall–Kier alpha value is -2.23. The van der Waals surface area contributed by atoms with Crippen LogP contribution >= 0.6 is 15.9 Å². The molecule has 1 atom stereocenters. The van der Waals surface area contributed by atoms with Crippen molar-refractivity contribution in [2.75, 3.05) is 13.1 Å². The summed E-state index contributed by atoms with van der Waals surface area (Å²) >= 11 is 3.27. The molecule has 0 aromatic carbocycles. The molecule has 0 saturated carbocycles. The van der Waals surface area contributed by atoms with Gasteiger partial charge in [-0.3, -0.25) is 9.78 Å². The average molecular weight is 431 g/mol. The molecular formula is C16H14BrF3N4O2. The van der Waals surface area contributed by atoms with E-state index in [1.54, 1.807) is 17.2 Å². The van der Waals surface area contributed by atoms with Crippen LogP contribution in [-0.4, -0.2) is 45.0 Å². The van der Waals surface area contributed by atoms with E-state index in [0.717, 1.165) is 12.3 Å². The first-order valence-electron chi connectivity index (χ1n) is 7.79. The van der Waals surface area contributed by atoms with Gasteiger partial charge >= 0.3 is 12.2 Å². The third-order valence-corrected chi connectivity index (χ3v) is 4.25. The van der Waals surface area contributed by atoms with E-state index in [1.807, 2.05) is 0 Å². The molecule has 1 saturated heterocycles. The zero-order valence-corrected chi connectivity index (χ0v) is 15.0. The van der Waals surface area contributed by atoms with Crippen LogP contribution in [0.15, 0.2) is 35.2 Å². The van der Waals surface area contributed by atoms with Crippen molar-refractivity contribution in [1.82, 2.24) is 19.9 Å². The van der Waals surface area contributed by atoms with E-state index >= 15 is 0 Å². The van der Waals surface area contributed by atoms with E-state index < -0.39 is 18.0 Å². The number of amides is 1. The van der Waals surface area contributed by atoms with Gasteiger partial charge in [0.25, 0.3) is 5.91 Å². The predicted octanol–water partition coefficient (Wildman–Crippen LogP) is 3.34. The second kappa shape index (κ2) is 7.56. The van der Waals surface area contributed by atoms with Crippen LogP contribution in [0.2, 0.25) is 0 Å². The van der Waals surface area contributed by atoms with Gasteiger partial charge in [-0.1, -0.05) is 0 Å². The summed E-state index contributed by atoms with van der Waals surface area (Å²) in [5.74, 6) is -0.211. The molecule has 0 aliphatic carbocycles. The summed E-state index contributed by atoms with van der Waals surface area (Å²) in [6.07, 6.45) is 0.262. The van der Waals surface area contributed by atoms with E-state index in [9.17, 15) is 18.0 Å². The third-order valence-electron chi connectivity index (χ3n) is 3.81. The fourth-order valence-corrected chi connectivity index (χ4v) is 3.00. The summed E-state index contributed by atoms with van der Waals surface area (Å²) in [7, 11) is 0. The van der Waals surface area contributed by atoms with Gasteiger partial charge in [0.15, 0.2) is 5.69 Å². The summed E-state index contributed by atoms with van der Waals surface area (Å²) in [5, 5.41) is 0. The fourth-order valence-electron chi connectivity index (χ4n) is 2.63. The SMILES string of the molecule is O=C(c1cncc(Br)c1)N1CCCC(Oc2nccc(C(F)(F)F)n2)C1. The number of pyridine rings is 1. The van der Waals surface area contributed by atoms with Crippen LogP contribution in [0.1, 0.15) is 28.9 Å². The molecule has 2 aromatic heterocycles. The van der Waals surface area contributed by atoms with E-state index in [1.165, 1.54) is 6.20 Å². The van der Waals surface area contributed by atoms with Crippen LogP contribution in [0, 0.1) is 0 Å². The molecule has 1 aliphatic heterocycles. The van der Waals surface area contributed by atoms with Crippen molar-refractivity contribution in [2.45, 2.75) is 25.1 Å². The summed E-state index contributed by atoms with van der Waals surface area (Å²) in [6, 6.07) is 2.10. The number of alkyl halides is 3. The molecule has 1 fully saturated rings. The number of halogens is 4. The molecule has 3 rings (SSSR count). The monoisotopic (exact) mass is 430 g/mol. The maximum atomic E-state index is 12.7. The van der Waals surface area contributed by atoms with Crippen molar-refractivity contribution in [1.29, 1.82) is 0 Å². The summed E-state index contributed by atoms with van der Waals surface area (Å²) in [6.45, 7) is 0.777. The highest BCUT2D eigenvalue weighted by Gasteiger charge is 2.33. The first kappa shape index (κ1) is 18.6. The van der Waals surface area contributed by atoms with E-state index in [0.29, 0.717) is 29.4 Å². The first-order valence-corrected chi connectivity index (χ1v) is 8.59. The molecule has 2 aromatic rings. The third kappa shape index (κ3) is 4.48. The van der Waals surface area contributed by atoms with Crippen LogP contribution < -0.4 is 4.74 Å². The Labute approximate surface area is 155 Å². The van der Waals surface area contributed by atoms with Gasteiger partial charge in [0.1, 0.15) is 6.10 Å². The lowest BCUT2D eigenvalue weighted by atomic mass is 10.1. The normalized spacial score (nSPS) is 17.8. The van der Waals surface area contributed by atoms with Gasteiger partial charge < -0.3 is 9.64 Å². The molecule has 0 N–H and O–H groups in total. The maximum Gasteiger partial charge on any atom is 0.433 e. The van der Waals surface area contributed by atoms with Gasteiger partial charge in [-0.2, -0.15) is 18.2 Å². The molecular weight excluding hydrogens is 417 g/mol. The van der Waals surface area contributed by atoms with Gasteiger partial charge in [0.2, 0.25) is 0 Å². The number of rotatable bonds is 3. The highest BCUT2D eigenvalue weighted by Crippen LogP contribution is 2.28. The van der Waals surface area contributed by atoms with Gasteiger partial charge in [0, 0.05) is 29.6 Å². The number of carbonyl (C=O) groups excluding carboxylic acids is 1. The lowest BCUT2D eigenvalue weighted by Gasteiger charge is -2.32. The molecule has 3 heterocycles. The van der Waals surface area contributed by atoms with Gasteiger partial charge in [0.05, 0.1) is 12.1 Å². The van der Waals surface area contributed by atoms with Crippen molar-refractivity contribution in [3.8, 4) is 6.01 Å². The predicted molar refractivity (Wildman–Crippen MR) is 88.5 cm³/mol. The quantitative estimate of drug-likeness (QED) is 0.746. The smallest absolute Gasteiger partial charge is 0.433 e. The molecule has 138 valence electrons. The highest BCUT2D eigenvalue weighted by atomic mass is 79.9. The van der Waals surface area contributed by atoms with Crippen LogP contribution in [0.25, 0.3) is 0 Å². The number of aromatic nitrogens is 3. The van der Waals surface area contributed by atoms with Crippen LogP contribution in [0.5, 0.6) is 6.01 Å². The Morgan fingerprint density at radius 2 is 2.15 bits per heavy atom. The topological polar surface area (TPSA) is 68.2 Å². The number of likely N-dealkylation sites (tertiary alicyclic amines) is 1. The average Bonchev–Trinajstić information content (AvgIpc) is 2.61. The molecule has 0 bridgehead atoms. The molecule has 6 nitrogen and oxygen atoms in total. The minimum absolute atomic E-state index is 0.211.